The number of nitrogens with zero attached hydrogens (tertiary/aromatic N) is 1. The molecule has 0 radical (unpaired) electrons. The molecule has 7 nitrogen and oxygen atoms in total. The summed E-state index contributed by atoms with van der Waals surface area (Å²) in [5.74, 6) is -0.662. The van der Waals surface area contributed by atoms with Gasteiger partial charge in [0.15, 0.2) is 0 Å². The number of carbonyl (C=O) groups excluding carboxylic acids is 2. The molecule has 2 amide bonds. The topological polar surface area (TPSA) is 111 Å². The van der Waals surface area contributed by atoms with E-state index in [0.717, 1.165) is 5.39 Å². The number of amides is 2. The minimum Gasteiger partial charge on any atom is -0.444 e. The summed E-state index contributed by atoms with van der Waals surface area (Å²) in [6.45, 7) is 8.99. The van der Waals surface area contributed by atoms with Crippen LogP contribution in [0.15, 0.2) is 51.7 Å². The summed E-state index contributed by atoms with van der Waals surface area (Å²) in [5.41, 5.74) is -0.711. The van der Waals surface area contributed by atoms with Crippen molar-refractivity contribution in [3.63, 3.8) is 0 Å². The number of hydrogen-bond donors (Lipinski definition) is 2. The average molecular weight is 420 g/mol. The van der Waals surface area contributed by atoms with Crippen LogP contribution in [0.1, 0.15) is 41.0 Å². The average Bonchev–Trinajstić information content (AvgIpc) is 2.58. The van der Waals surface area contributed by atoms with Gasteiger partial charge in [-0.3, -0.25) is 4.79 Å². The summed E-state index contributed by atoms with van der Waals surface area (Å²) in [7, 11) is -3.50. The molecule has 0 fully saturated rings. The van der Waals surface area contributed by atoms with Crippen LogP contribution in [0.2, 0.25) is 0 Å². The van der Waals surface area contributed by atoms with Crippen LogP contribution >= 0.6 is 0 Å². The van der Waals surface area contributed by atoms with Crippen LogP contribution < -0.4 is 10.5 Å². The Morgan fingerprint density at radius 2 is 1.76 bits per heavy atom. The van der Waals surface area contributed by atoms with Crippen LogP contribution in [0.4, 0.5) is 4.79 Å². The second-order valence-corrected chi connectivity index (χ2v) is 10.1. The Labute approximate surface area is 172 Å². The number of nitrogens with one attached hydrogen (secondary N) is 1. The molecule has 0 aliphatic carbocycles. The molecule has 29 heavy (non-hydrogen) atoms. The Hall–Kier alpha value is -2.45. The zero-order chi connectivity index (χ0) is 21.8. The van der Waals surface area contributed by atoms with Crippen molar-refractivity contribution in [1.29, 1.82) is 0 Å². The van der Waals surface area contributed by atoms with E-state index in [0.29, 0.717) is 11.8 Å². The number of fused-ring (bicyclic) bond motifs is 1. The van der Waals surface area contributed by atoms with Crippen molar-refractivity contribution in [1.82, 2.24) is 5.32 Å². The lowest BCUT2D eigenvalue weighted by Crippen LogP contribution is -2.44. The van der Waals surface area contributed by atoms with Crippen molar-refractivity contribution in [2.75, 3.05) is 0 Å². The number of alkyl carbamates (subject to hydrolysis) is 1. The maximum atomic E-state index is 13.2. The number of nitrogens with two attached hydrogens (primary N) is 1. The van der Waals surface area contributed by atoms with E-state index in [1.165, 1.54) is 0 Å². The number of carbonyl (C=O) groups is 2. The van der Waals surface area contributed by atoms with Crippen LogP contribution in [0.25, 0.3) is 10.8 Å². The predicted molar refractivity (Wildman–Crippen MR) is 115 cm³/mol. The molecule has 2 aromatic carbocycles. The molecule has 0 heterocycles. The zero-order valence-corrected chi connectivity index (χ0v) is 18.3. The van der Waals surface area contributed by atoms with E-state index in [-0.39, 0.29) is 10.8 Å². The maximum Gasteiger partial charge on any atom is 0.408 e. The van der Waals surface area contributed by atoms with E-state index < -0.39 is 33.6 Å². The van der Waals surface area contributed by atoms with E-state index in [1.807, 2.05) is 32.0 Å². The largest absolute Gasteiger partial charge is 0.444 e. The lowest BCUT2D eigenvalue weighted by atomic mass is 10.0. The third kappa shape index (κ3) is 6.54. The molecule has 3 N–H and O–H groups in total. The Morgan fingerprint density at radius 3 is 2.38 bits per heavy atom. The number of benzene rings is 2. The van der Waals surface area contributed by atoms with Gasteiger partial charge >= 0.3 is 6.09 Å². The monoisotopic (exact) mass is 419 g/mol. The van der Waals surface area contributed by atoms with Gasteiger partial charge in [-0.1, -0.05) is 50.2 Å². The lowest BCUT2D eigenvalue weighted by Gasteiger charge is -2.23. The highest BCUT2D eigenvalue weighted by atomic mass is 32.2. The van der Waals surface area contributed by atoms with Gasteiger partial charge in [-0.2, -0.15) is 0 Å². The van der Waals surface area contributed by atoms with Crippen LogP contribution in [0.3, 0.4) is 0 Å². The van der Waals surface area contributed by atoms with Crippen LogP contribution in [-0.2, 0) is 19.4 Å². The summed E-state index contributed by atoms with van der Waals surface area (Å²) in [6.07, 6.45) is -0.424. The van der Waals surface area contributed by atoms with E-state index in [4.69, 9.17) is 9.88 Å². The summed E-state index contributed by atoms with van der Waals surface area (Å²) in [4.78, 5) is 25.2. The fourth-order valence-electron chi connectivity index (χ4n) is 2.84. The molecule has 0 saturated heterocycles. The van der Waals surface area contributed by atoms with E-state index in [2.05, 4.69) is 9.68 Å². The van der Waals surface area contributed by atoms with E-state index >= 15 is 0 Å². The van der Waals surface area contributed by atoms with Gasteiger partial charge in [-0.25, -0.2) is 14.1 Å². The van der Waals surface area contributed by atoms with E-state index in [9.17, 15) is 13.8 Å². The summed E-state index contributed by atoms with van der Waals surface area (Å²) in [5, 5.41) is 10.0. The molecular weight excluding hydrogens is 390 g/mol. The van der Waals surface area contributed by atoms with Crippen molar-refractivity contribution in [3.8, 4) is 0 Å². The number of ether oxygens (including phenoxy) is 1. The van der Waals surface area contributed by atoms with Crippen molar-refractivity contribution in [2.45, 2.75) is 57.6 Å². The summed E-state index contributed by atoms with van der Waals surface area (Å²) in [6, 6.07) is 11.5. The fraction of sp³-hybridized carbons (Fsp3) is 0.429. The van der Waals surface area contributed by atoms with Crippen molar-refractivity contribution in [2.24, 2.45) is 15.4 Å². The Kier molecular flexibility index (Phi) is 7.02. The molecule has 0 spiro atoms. The van der Waals surface area contributed by atoms with Crippen molar-refractivity contribution >= 4 is 32.7 Å². The van der Waals surface area contributed by atoms with E-state index in [1.54, 1.807) is 45.0 Å². The number of rotatable bonds is 5. The minimum atomic E-state index is -3.50. The molecule has 0 bridgehead atoms. The van der Waals surface area contributed by atoms with Crippen LogP contribution in [0, 0.1) is 5.92 Å². The predicted octanol–water partition coefficient (Wildman–Crippen LogP) is 4.01. The first-order valence-corrected chi connectivity index (χ1v) is 11.0. The van der Waals surface area contributed by atoms with Gasteiger partial charge in [0, 0.05) is 5.39 Å². The molecule has 0 aliphatic rings. The molecule has 1 unspecified atom stereocenters. The van der Waals surface area contributed by atoms with Crippen LogP contribution in [0.5, 0.6) is 0 Å². The molecular formula is C21H29N3O4S. The van der Waals surface area contributed by atoms with Crippen molar-refractivity contribution < 1.29 is 18.5 Å². The standard InChI is InChI=1S/C21H29N3O4S/c1-14(2)13-17(23-20(26)28-21(3,4)5)19(25)24-29(22,27)18-12-8-10-15-9-6-7-11-16(15)18/h6-12,14,17H,13H2,1-5H3,(H,23,26)(H2,22,24,25,27)/t17-,29?/m0/s1. The molecule has 0 aromatic heterocycles. The lowest BCUT2D eigenvalue weighted by molar-refractivity contribution is -0.120. The molecule has 8 heteroatoms. The first-order valence-electron chi connectivity index (χ1n) is 9.45. The third-order valence-corrected chi connectivity index (χ3v) is 5.42. The van der Waals surface area contributed by atoms with Gasteiger partial charge < -0.3 is 10.1 Å². The minimum absolute atomic E-state index is 0.0838. The molecule has 0 saturated carbocycles. The third-order valence-electron chi connectivity index (χ3n) is 3.99. The molecule has 2 atom stereocenters. The molecule has 0 aliphatic heterocycles. The van der Waals surface area contributed by atoms with Crippen molar-refractivity contribution in [3.05, 3.63) is 42.5 Å². The Morgan fingerprint density at radius 1 is 1.14 bits per heavy atom. The van der Waals surface area contributed by atoms with Gasteiger partial charge in [-0.05, 0) is 44.6 Å². The maximum absolute atomic E-state index is 13.2. The quantitative estimate of drug-likeness (QED) is 0.763. The first-order chi connectivity index (χ1) is 13.4. The SMILES string of the molecule is CC(C)C[C@H](NC(=O)OC(C)(C)C)C(=O)N=S(N)(=O)c1cccc2ccccc12. The summed E-state index contributed by atoms with van der Waals surface area (Å²) < 4.78 is 22.2. The van der Waals surface area contributed by atoms with Gasteiger partial charge in [-0.15, -0.1) is 4.36 Å². The Balaban J connectivity index is 2.37. The normalized spacial score (nSPS) is 14.9. The summed E-state index contributed by atoms with van der Waals surface area (Å²) >= 11 is 0. The van der Waals surface area contributed by atoms with Gasteiger partial charge in [0.25, 0.3) is 5.91 Å². The van der Waals surface area contributed by atoms with Crippen LogP contribution in [-0.4, -0.2) is 27.9 Å². The second kappa shape index (κ2) is 8.92. The van der Waals surface area contributed by atoms with Gasteiger partial charge in [0.2, 0.25) is 0 Å². The fourth-order valence-corrected chi connectivity index (χ4v) is 4.11. The number of hydrogen-bond acceptors (Lipinski definition) is 4. The molecule has 158 valence electrons. The van der Waals surface area contributed by atoms with Gasteiger partial charge in [0.05, 0.1) is 4.90 Å². The highest BCUT2D eigenvalue weighted by molar-refractivity contribution is 7.92. The highest BCUT2D eigenvalue weighted by Crippen LogP contribution is 2.23. The molecule has 2 rings (SSSR count). The highest BCUT2D eigenvalue weighted by Gasteiger charge is 2.26. The second-order valence-electron chi connectivity index (χ2n) is 8.30. The van der Waals surface area contributed by atoms with Gasteiger partial charge in [0.1, 0.15) is 21.6 Å². The molecule has 2 aromatic rings. The zero-order valence-electron chi connectivity index (χ0n) is 17.5. The first kappa shape index (κ1) is 22.8. The Bertz CT molecular complexity index is 1010. The smallest absolute Gasteiger partial charge is 0.408 e.